The maximum Gasteiger partial charge on any atom is 0.272 e. The molecule has 0 radical (unpaired) electrons. The van der Waals surface area contributed by atoms with E-state index in [1.807, 2.05) is 54.6 Å². The minimum absolute atomic E-state index is 0.140. The Morgan fingerprint density at radius 2 is 1.72 bits per heavy atom. The molecule has 1 fully saturated rings. The summed E-state index contributed by atoms with van der Waals surface area (Å²) in [5.74, 6) is -0.192. The van der Waals surface area contributed by atoms with Crippen LogP contribution >= 0.6 is 0 Å². The lowest BCUT2D eigenvalue weighted by Crippen LogP contribution is -2.52. The van der Waals surface area contributed by atoms with Crippen molar-refractivity contribution in [3.8, 4) is 0 Å². The van der Waals surface area contributed by atoms with Crippen molar-refractivity contribution in [2.75, 3.05) is 11.9 Å². The van der Waals surface area contributed by atoms with Crippen LogP contribution in [0.5, 0.6) is 0 Å². The molecule has 36 heavy (non-hydrogen) atoms. The fraction of sp³-hybridized carbons (Fsp3) is 0.448. The molecule has 4 rings (SSSR count). The molecule has 1 saturated carbocycles. The molecule has 2 atom stereocenters. The van der Waals surface area contributed by atoms with E-state index in [0.717, 1.165) is 35.6 Å². The highest BCUT2D eigenvalue weighted by Gasteiger charge is 2.32. The van der Waals surface area contributed by atoms with Crippen LogP contribution in [-0.4, -0.2) is 42.7 Å². The molecule has 7 heteroatoms. The second-order valence-corrected chi connectivity index (χ2v) is 9.85. The number of benzodiazepines with no additional fused rings is 1. The molecule has 0 saturated heterocycles. The number of nitrogens with one attached hydrogen (secondary N) is 2. The number of fused-ring (bicyclic) bond motifs is 1. The molecule has 2 aliphatic rings. The minimum atomic E-state index is -1.10. The Balaban J connectivity index is 1.42. The molecule has 0 aromatic heterocycles. The zero-order valence-electron chi connectivity index (χ0n) is 21.2. The monoisotopic (exact) mass is 488 g/mol. The van der Waals surface area contributed by atoms with Crippen LogP contribution in [-0.2, 0) is 14.4 Å². The van der Waals surface area contributed by atoms with E-state index >= 15 is 0 Å². The zero-order chi connectivity index (χ0) is 25.5. The molecule has 0 spiro atoms. The lowest BCUT2D eigenvalue weighted by molar-refractivity contribution is -0.130. The summed E-state index contributed by atoms with van der Waals surface area (Å²) >= 11 is 0. The topological polar surface area (TPSA) is 90.9 Å². The average Bonchev–Trinajstić information content (AvgIpc) is 3.00. The van der Waals surface area contributed by atoms with E-state index in [0.29, 0.717) is 12.1 Å². The van der Waals surface area contributed by atoms with Crippen LogP contribution in [0.2, 0.25) is 0 Å². The number of nitrogens with zero attached hydrogens (tertiary/aromatic N) is 2. The van der Waals surface area contributed by atoms with Crippen LogP contribution in [0.1, 0.15) is 69.4 Å². The Morgan fingerprint density at radius 1 is 1.03 bits per heavy atom. The molecule has 2 aromatic rings. The number of carbonyl (C=O) groups excluding carboxylic acids is 3. The number of benzene rings is 2. The predicted octanol–water partition coefficient (Wildman–Crippen LogP) is 4.20. The molecule has 2 aromatic carbocycles. The first kappa shape index (κ1) is 25.6. The SMILES string of the molecule is C[C@H](NC(=O)CCCC1CCCCC1)C(=O)N[C@H]1N=C(c2ccccc2)c2ccccc2N(C)C1=O. The molecule has 0 bridgehead atoms. The van der Waals surface area contributed by atoms with Gasteiger partial charge in [0.2, 0.25) is 18.0 Å². The van der Waals surface area contributed by atoms with Crippen molar-refractivity contribution in [2.45, 2.75) is 70.5 Å². The molecule has 2 N–H and O–H groups in total. The fourth-order valence-electron chi connectivity index (χ4n) is 5.11. The van der Waals surface area contributed by atoms with E-state index < -0.39 is 18.1 Å². The van der Waals surface area contributed by atoms with Crippen molar-refractivity contribution in [1.29, 1.82) is 0 Å². The van der Waals surface area contributed by atoms with Gasteiger partial charge < -0.3 is 15.5 Å². The number of aliphatic imine (C=N–C) groups is 1. The van der Waals surface area contributed by atoms with Gasteiger partial charge in [0, 0.05) is 24.6 Å². The lowest BCUT2D eigenvalue weighted by Gasteiger charge is -2.22. The third-order valence-electron chi connectivity index (χ3n) is 7.18. The third kappa shape index (κ3) is 6.20. The number of anilines is 1. The number of likely N-dealkylation sites (N-methyl/N-ethyl adjacent to an activating group) is 1. The van der Waals surface area contributed by atoms with Crippen molar-refractivity contribution in [3.05, 3.63) is 65.7 Å². The molecule has 7 nitrogen and oxygen atoms in total. The minimum Gasteiger partial charge on any atom is -0.345 e. The van der Waals surface area contributed by atoms with E-state index in [4.69, 9.17) is 4.99 Å². The van der Waals surface area contributed by atoms with Gasteiger partial charge in [-0.1, -0.05) is 80.6 Å². The Bertz CT molecular complexity index is 1110. The van der Waals surface area contributed by atoms with Gasteiger partial charge in [-0.15, -0.1) is 0 Å². The van der Waals surface area contributed by atoms with E-state index in [-0.39, 0.29) is 11.8 Å². The molecule has 1 aliphatic heterocycles. The Hall–Kier alpha value is -3.48. The summed E-state index contributed by atoms with van der Waals surface area (Å²) in [5.41, 5.74) is 3.03. The van der Waals surface area contributed by atoms with Gasteiger partial charge >= 0.3 is 0 Å². The Kier molecular flexibility index (Phi) is 8.52. The van der Waals surface area contributed by atoms with E-state index in [9.17, 15) is 14.4 Å². The van der Waals surface area contributed by atoms with E-state index in [1.54, 1.807) is 14.0 Å². The molecule has 190 valence electrons. The van der Waals surface area contributed by atoms with Gasteiger partial charge in [-0.3, -0.25) is 14.4 Å². The van der Waals surface area contributed by atoms with Crippen LogP contribution in [0, 0.1) is 5.92 Å². The molecule has 0 unspecified atom stereocenters. The highest BCUT2D eigenvalue weighted by Crippen LogP contribution is 2.28. The Labute approximate surface area is 213 Å². The average molecular weight is 489 g/mol. The molecule has 3 amide bonds. The summed E-state index contributed by atoms with van der Waals surface area (Å²) in [4.78, 5) is 44.9. The molecular weight excluding hydrogens is 452 g/mol. The summed E-state index contributed by atoms with van der Waals surface area (Å²) in [5, 5.41) is 5.54. The van der Waals surface area contributed by atoms with Gasteiger partial charge in [-0.2, -0.15) is 0 Å². The second kappa shape index (κ2) is 12.0. The van der Waals surface area contributed by atoms with Gasteiger partial charge in [-0.25, -0.2) is 4.99 Å². The van der Waals surface area contributed by atoms with Crippen LogP contribution in [0.3, 0.4) is 0 Å². The van der Waals surface area contributed by atoms with E-state index in [1.165, 1.54) is 37.0 Å². The van der Waals surface area contributed by atoms with Gasteiger partial charge in [0.1, 0.15) is 6.04 Å². The number of rotatable bonds is 8. The summed E-state index contributed by atoms with van der Waals surface area (Å²) in [6.07, 6.45) is 7.64. The van der Waals surface area contributed by atoms with Crippen molar-refractivity contribution < 1.29 is 14.4 Å². The smallest absolute Gasteiger partial charge is 0.272 e. The summed E-state index contributed by atoms with van der Waals surface area (Å²) < 4.78 is 0. The normalized spacial score (nSPS) is 19.1. The van der Waals surface area contributed by atoms with Gasteiger partial charge in [0.25, 0.3) is 5.91 Å². The maximum absolute atomic E-state index is 13.3. The summed E-state index contributed by atoms with van der Waals surface area (Å²) in [6, 6.07) is 16.4. The summed E-state index contributed by atoms with van der Waals surface area (Å²) in [7, 11) is 1.68. The second-order valence-electron chi connectivity index (χ2n) is 9.85. The number of carbonyl (C=O) groups is 3. The lowest BCUT2D eigenvalue weighted by atomic mass is 9.86. The third-order valence-corrected chi connectivity index (χ3v) is 7.18. The van der Waals surface area contributed by atoms with Crippen LogP contribution < -0.4 is 15.5 Å². The van der Waals surface area contributed by atoms with Crippen LogP contribution in [0.4, 0.5) is 5.69 Å². The fourth-order valence-corrected chi connectivity index (χ4v) is 5.11. The van der Waals surface area contributed by atoms with Crippen molar-refractivity contribution >= 4 is 29.1 Å². The number of hydrogen-bond acceptors (Lipinski definition) is 4. The predicted molar refractivity (Wildman–Crippen MR) is 142 cm³/mol. The highest BCUT2D eigenvalue weighted by atomic mass is 16.2. The van der Waals surface area contributed by atoms with Gasteiger partial charge in [0.15, 0.2) is 0 Å². The van der Waals surface area contributed by atoms with Crippen LogP contribution in [0.15, 0.2) is 59.6 Å². The quantitative estimate of drug-likeness (QED) is 0.584. The summed E-state index contributed by atoms with van der Waals surface area (Å²) in [6.45, 7) is 1.63. The molecular formula is C29H36N4O3. The van der Waals surface area contributed by atoms with Crippen molar-refractivity contribution in [2.24, 2.45) is 10.9 Å². The zero-order valence-corrected chi connectivity index (χ0v) is 21.2. The maximum atomic E-state index is 13.3. The standard InChI is InChI=1S/C29H36N4O3/c1-20(30-25(34)19-11-14-21-12-5-3-6-13-21)28(35)32-27-29(36)33(2)24-18-10-9-17-23(24)26(31-27)22-15-7-4-8-16-22/h4,7-10,15-18,20-21,27H,3,5-6,11-14,19H2,1-2H3,(H,30,34)(H,32,35)/t20-,27+/m0/s1. The number of amides is 3. The molecule has 1 heterocycles. The first-order chi connectivity index (χ1) is 17.4. The van der Waals surface area contributed by atoms with Crippen molar-refractivity contribution in [1.82, 2.24) is 10.6 Å². The van der Waals surface area contributed by atoms with E-state index in [2.05, 4.69) is 10.6 Å². The number of hydrogen-bond donors (Lipinski definition) is 2. The van der Waals surface area contributed by atoms with Gasteiger partial charge in [-0.05, 0) is 31.7 Å². The number of para-hydroxylation sites is 1. The highest BCUT2D eigenvalue weighted by molar-refractivity contribution is 6.20. The first-order valence-electron chi connectivity index (χ1n) is 13.0. The van der Waals surface area contributed by atoms with Crippen LogP contribution in [0.25, 0.3) is 0 Å². The first-order valence-corrected chi connectivity index (χ1v) is 13.0. The van der Waals surface area contributed by atoms with Crippen molar-refractivity contribution in [3.63, 3.8) is 0 Å². The van der Waals surface area contributed by atoms with Gasteiger partial charge in [0.05, 0.1) is 11.4 Å². The Morgan fingerprint density at radius 3 is 2.47 bits per heavy atom. The molecule has 1 aliphatic carbocycles. The largest absolute Gasteiger partial charge is 0.345 e.